The van der Waals surface area contributed by atoms with Crippen LogP contribution in [-0.4, -0.2) is 39.6 Å². The third kappa shape index (κ3) is 5.95. The molecule has 0 aliphatic heterocycles. The minimum Gasteiger partial charge on any atom is -0.370 e. The molecule has 0 aliphatic carbocycles. The summed E-state index contributed by atoms with van der Waals surface area (Å²) < 4.78 is 1.94. The Morgan fingerprint density at radius 1 is 1.10 bits per heavy atom. The molecule has 1 heterocycles. The number of nitrogens with two attached hydrogens (primary N) is 1. The smallest absolute Gasteiger partial charge is 0.253 e. The molecule has 3 amide bonds. The number of primary amides is 1. The molecule has 0 unspecified atom stereocenters. The zero-order chi connectivity index (χ0) is 22.2. The highest BCUT2D eigenvalue weighted by Gasteiger charge is 2.15. The first-order valence-electron chi connectivity index (χ1n) is 9.63. The number of nitrogens with zero attached hydrogens (tertiary/aromatic N) is 2. The lowest BCUT2D eigenvalue weighted by molar-refractivity contribution is -0.118. The number of imidazole rings is 1. The fourth-order valence-electron chi connectivity index (χ4n) is 2.91. The Bertz CT molecular complexity index is 1100. The van der Waals surface area contributed by atoms with Crippen LogP contribution in [0.3, 0.4) is 0 Å². The van der Waals surface area contributed by atoms with Gasteiger partial charge in [0.15, 0.2) is 5.16 Å². The highest BCUT2D eigenvalue weighted by molar-refractivity contribution is 7.99. The first-order chi connectivity index (χ1) is 15.0. The minimum absolute atomic E-state index is 0.0461. The molecule has 4 N–H and O–H groups in total. The van der Waals surface area contributed by atoms with E-state index in [-0.39, 0.29) is 30.5 Å². The van der Waals surface area contributed by atoms with Gasteiger partial charge in [0.1, 0.15) is 0 Å². The van der Waals surface area contributed by atoms with Crippen molar-refractivity contribution in [3.63, 3.8) is 0 Å². The average Bonchev–Trinajstić information content (AvgIpc) is 3.21. The van der Waals surface area contributed by atoms with Crippen LogP contribution in [0.4, 0.5) is 5.69 Å². The molecule has 3 rings (SSSR count). The number of rotatable bonds is 9. The van der Waals surface area contributed by atoms with Crippen LogP contribution >= 0.6 is 11.8 Å². The summed E-state index contributed by atoms with van der Waals surface area (Å²) in [5.74, 6) is -1.02. The van der Waals surface area contributed by atoms with Gasteiger partial charge in [0.05, 0.1) is 22.7 Å². The molecular formula is C22H23N5O3S. The zero-order valence-corrected chi connectivity index (χ0v) is 17.8. The van der Waals surface area contributed by atoms with Gasteiger partial charge in [-0.1, -0.05) is 42.1 Å². The highest BCUT2D eigenvalue weighted by atomic mass is 32.2. The number of aromatic nitrogens is 2. The molecule has 1 aromatic heterocycles. The van der Waals surface area contributed by atoms with Crippen LogP contribution in [0.15, 0.2) is 66.1 Å². The number of carbonyl (C=O) groups excluding carboxylic acids is 3. The number of amides is 3. The van der Waals surface area contributed by atoms with E-state index in [0.717, 1.165) is 11.3 Å². The van der Waals surface area contributed by atoms with Crippen molar-refractivity contribution in [1.29, 1.82) is 0 Å². The Balaban J connectivity index is 1.63. The molecule has 160 valence electrons. The number of thioether (sulfide) groups is 1. The number of hydrogen-bond donors (Lipinski definition) is 3. The van der Waals surface area contributed by atoms with E-state index in [0.29, 0.717) is 16.4 Å². The zero-order valence-electron chi connectivity index (χ0n) is 17.0. The maximum atomic E-state index is 12.5. The Morgan fingerprint density at radius 2 is 1.84 bits per heavy atom. The second-order valence-electron chi connectivity index (χ2n) is 6.72. The lowest BCUT2D eigenvalue weighted by atomic mass is 10.1. The summed E-state index contributed by atoms with van der Waals surface area (Å²) in [6, 6.07) is 14.6. The fourth-order valence-corrected chi connectivity index (χ4v) is 3.68. The van der Waals surface area contributed by atoms with Crippen LogP contribution in [0.25, 0.3) is 5.69 Å². The first kappa shape index (κ1) is 22.1. The quantitative estimate of drug-likeness (QED) is 0.445. The average molecular weight is 438 g/mol. The van der Waals surface area contributed by atoms with E-state index in [1.54, 1.807) is 30.5 Å². The topological polar surface area (TPSA) is 119 Å². The van der Waals surface area contributed by atoms with Gasteiger partial charge in [-0.15, -0.1) is 0 Å². The van der Waals surface area contributed by atoms with Crippen molar-refractivity contribution in [2.24, 2.45) is 5.73 Å². The van der Waals surface area contributed by atoms with Crippen LogP contribution < -0.4 is 16.4 Å². The third-order valence-electron chi connectivity index (χ3n) is 4.42. The summed E-state index contributed by atoms with van der Waals surface area (Å²) in [6.07, 6.45) is 3.59. The number of benzene rings is 2. The van der Waals surface area contributed by atoms with Gasteiger partial charge in [0.2, 0.25) is 11.8 Å². The molecule has 0 fully saturated rings. The molecule has 8 nitrogen and oxygen atoms in total. The molecule has 3 aromatic rings. The second-order valence-corrected chi connectivity index (χ2v) is 7.66. The van der Waals surface area contributed by atoms with Gasteiger partial charge in [-0.25, -0.2) is 4.98 Å². The number of hydrogen-bond acceptors (Lipinski definition) is 5. The van der Waals surface area contributed by atoms with Crippen molar-refractivity contribution in [1.82, 2.24) is 14.9 Å². The highest BCUT2D eigenvalue weighted by Crippen LogP contribution is 2.23. The maximum absolute atomic E-state index is 12.5. The van der Waals surface area contributed by atoms with Crippen molar-refractivity contribution < 1.29 is 14.4 Å². The molecule has 0 bridgehead atoms. The normalized spacial score (nSPS) is 10.5. The van der Waals surface area contributed by atoms with E-state index in [1.807, 2.05) is 42.0 Å². The lowest BCUT2D eigenvalue weighted by Gasteiger charge is -2.12. The Hall–Kier alpha value is -3.59. The summed E-state index contributed by atoms with van der Waals surface area (Å²) in [5, 5.41) is 6.09. The van der Waals surface area contributed by atoms with Crippen LogP contribution in [0.1, 0.15) is 22.3 Å². The molecule has 31 heavy (non-hydrogen) atoms. The van der Waals surface area contributed by atoms with Crippen LogP contribution in [0.5, 0.6) is 0 Å². The van der Waals surface area contributed by atoms with E-state index in [1.165, 1.54) is 11.8 Å². The van der Waals surface area contributed by atoms with Gasteiger partial charge >= 0.3 is 0 Å². The van der Waals surface area contributed by atoms with Crippen LogP contribution in [-0.2, 0) is 9.59 Å². The van der Waals surface area contributed by atoms with E-state index in [4.69, 9.17) is 5.73 Å². The Morgan fingerprint density at radius 3 is 2.61 bits per heavy atom. The Kier molecular flexibility index (Phi) is 7.45. The summed E-state index contributed by atoms with van der Waals surface area (Å²) in [5.41, 5.74) is 7.89. The van der Waals surface area contributed by atoms with E-state index >= 15 is 0 Å². The van der Waals surface area contributed by atoms with Gasteiger partial charge < -0.3 is 16.4 Å². The Labute approximate surface area is 184 Å². The molecule has 0 atom stereocenters. The van der Waals surface area contributed by atoms with E-state index in [2.05, 4.69) is 15.6 Å². The maximum Gasteiger partial charge on any atom is 0.253 e. The summed E-state index contributed by atoms with van der Waals surface area (Å²) in [7, 11) is 0. The van der Waals surface area contributed by atoms with Crippen LogP contribution in [0.2, 0.25) is 0 Å². The predicted octanol–water partition coefficient (Wildman–Crippen LogP) is 2.52. The third-order valence-corrected chi connectivity index (χ3v) is 5.38. The van der Waals surface area contributed by atoms with Crippen molar-refractivity contribution in [3.05, 3.63) is 72.1 Å². The SMILES string of the molecule is Cc1ccccc1-n1ccnc1SCC(=O)Nc1ccccc1C(=O)NCCC(N)=O. The van der Waals surface area contributed by atoms with Gasteiger partial charge in [-0.05, 0) is 30.7 Å². The summed E-state index contributed by atoms with van der Waals surface area (Å²) in [4.78, 5) is 40.1. The molecule has 0 saturated carbocycles. The number of para-hydroxylation sites is 2. The molecule has 2 aromatic carbocycles. The standard InChI is InChI=1S/C22H23N5O3S/c1-15-6-2-5-9-18(15)27-13-12-25-22(27)31-14-20(29)26-17-8-4-3-7-16(17)21(30)24-11-10-19(23)28/h2-9,12-13H,10-11,14H2,1H3,(H2,23,28)(H,24,30)(H,26,29). The molecule has 0 spiro atoms. The van der Waals surface area contributed by atoms with E-state index < -0.39 is 5.91 Å². The van der Waals surface area contributed by atoms with Gasteiger partial charge in [-0.2, -0.15) is 0 Å². The number of anilines is 1. The van der Waals surface area contributed by atoms with Crippen molar-refractivity contribution >= 4 is 35.2 Å². The molecule has 9 heteroatoms. The monoisotopic (exact) mass is 437 g/mol. The number of carbonyl (C=O) groups is 3. The van der Waals surface area contributed by atoms with Crippen molar-refractivity contribution in [3.8, 4) is 5.69 Å². The van der Waals surface area contributed by atoms with Crippen molar-refractivity contribution in [2.45, 2.75) is 18.5 Å². The predicted molar refractivity (Wildman–Crippen MR) is 120 cm³/mol. The van der Waals surface area contributed by atoms with Crippen molar-refractivity contribution in [2.75, 3.05) is 17.6 Å². The summed E-state index contributed by atoms with van der Waals surface area (Å²) in [6.45, 7) is 2.15. The lowest BCUT2D eigenvalue weighted by Crippen LogP contribution is -2.29. The number of aryl methyl sites for hydroxylation is 1. The number of nitrogens with one attached hydrogen (secondary N) is 2. The molecular weight excluding hydrogens is 414 g/mol. The molecule has 0 aliphatic rings. The fraction of sp³-hybridized carbons (Fsp3) is 0.182. The second kappa shape index (κ2) is 10.4. The first-order valence-corrected chi connectivity index (χ1v) is 10.6. The van der Waals surface area contributed by atoms with Gasteiger partial charge in [0.25, 0.3) is 5.91 Å². The van der Waals surface area contributed by atoms with Gasteiger partial charge in [0, 0.05) is 25.4 Å². The largest absolute Gasteiger partial charge is 0.370 e. The van der Waals surface area contributed by atoms with Crippen LogP contribution in [0, 0.1) is 6.92 Å². The minimum atomic E-state index is -0.497. The summed E-state index contributed by atoms with van der Waals surface area (Å²) >= 11 is 1.30. The molecule has 0 radical (unpaired) electrons. The molecule has 0 saturated heterocycles. The van der Waals surface area contributed by atoms with Gasteiger partial charge in [-0.3, -0.25) is 19.0 Å². The van der Waals surface area contributed by atoms with E-state index in [9.17, 15) is 14.4 Å².